The van der Waals surface area contributed by atoms with Crippen molar-refractivity contribution in [3.05, 3.63) is 83.2 Å². The van der Waals surface area contributed by atoms with Crippen LogP contribution in [0.1, 0.15) is 0 Å². The number of hydrogen-bond acceptors (Lipinski definition) is 6. The van der Waals surface area contributed by atoms with Crippen LogP contribution in [0.4, 0.5) is 5.69 Å². The number of aromatic nitrogens is 2. The SMILES string of the molecule is COc1cccc(-n2c(SCC(=O)N3CCSc4ccccc43)nc3ccccc3c2=O)c1. The molecule has 1 aliphatic rings. The molecule has 0 aliphatic carbocycles. The first-order valence-electron chi connectivity index (χ1n) is 10.5. The van der Waals surface area contributed by atoms with Gasteiger partial charge in [0.15, 0.2) is 5.16 Å². The number of rotatable bonds is 5. The van der Waals surface area contributed by atoms with E-state index in [9.17, 15) is 9.59 Å². The standard InChI is InChI=1S/C25H21N3O3S2/c1-31-18-8-6-7-17(15-18)28-24(30)19-9-2-3-10-20(19)26-25(28)33-16-23(29)27-13-14-32-22-12-5-4-11-21(22)27/h2-12,15H,13-14,16H2,1H3. The molecular formula is C25H21N3O3S2. The molecule has 0 bridgehead atoms. The minimum Gasteiger partial charge on any atom is -0.497 e. The van der Waals surface area contributed by atoms with Crippen LogP contribution < -0.4 is 15.2 Å². The van der Waals surface area contributed by atoms with Gasteiger partial charge in [0.25, 0.3) is 5.56 Å². The fourth-order valence-corrected chi connectivity index (χ4v) is 5.70. The molecule has 0 atom stereocenters. The molecule has 2 heterocycles. The van der Waals surface area contributed by atoms with E-state index < -0.39 is 0 Å². The molecule has 0 spiro atoms. The van der Waals surface area contributed by atoms with Gasteiger partial charge < -0.3 is 9.64 Å². The minimum absolute atomic E-state index is 0.00708. The second-order valence-corrected chi connectivity index (χ2v) is 9.48. The Kier molecular flexibility index (Phi) is 6.11. The number of hydrogen-bond donors (Lipinski definition) is 0. The second kappa shape index (κ2) is 9.33. The van der Waals surface area contributed by atoms with E-state index >= 15 is 0 Å². The quantitative estimate of drug-likeness (QED) is 0.310. The maximum atomic E-state index is 13.4. The molecule has 0 saturated heterocycles. The number of para-hydroxylation sites is 2. The molecule has 0 N–H and O–H groups in total. The number of methoxy groups -OCH3 is 1. The maximum absolute atomic E-state index is 13.4. The number of benzene rings is 3. The van der Waals surface area contributed by atoms with Gasteiger partial charge in [0.2, 0.25) is 5.91 Å². The number of carbonyl (C=O) groups is 1. The van der Waals surface area contributed by atoms with Crippen molar-refractivity contribution < 1.29 is 9.53 Å². The molecule has 1 amide bonds. The summed E-state index contributed by atoms with van der Waals surface area (Å²) in [5.41, 5.74) is 2.02. The van der Waals surface area contributed by atoms with Crippen LogP contribution in [-0.2, 0) is 4.79 Å². The van der Waals surface area contributed by atoms with Gasteiger partial charge in [0.1, 0.15) is 5.75 Å². The molecule has 0 radical (unpaired) electrons. The Morgan fingerprint density at radius 1 is 1.09 bits per heavy atom. The van der Waals surface area contributed by atoms with Gasteiger partial charge in [-0.05, 0) is 36.4 Å². The van der Waals surface area contributed by atoms with Crippen molar-refractivity contribution in [2.75, 3.05) is 30.1 Å². The number of anilines is 1. The Balaban J connectivity index is 1.51. The van der Waals surface area contributed by atoms with E-state index in [1.165, 1.54) is 11.8 Å². The lowest BCUT2D eigenvalue weighted by molar-refractivity contribution is -0.116. The van der Waals surface area contributed by atoms with Crippen molar-refractivity contribution in [3.8, 4) is 11.4 Å². The van der Waals surface area contributed by atoms with Crippen LogP contribution in [0.25, 0.3) is 16.6 Å². The third-order valence-corrected chi connectivity index (χ3v) is 7.38. The van der Waals surface area contributed by atoms with E-state index in [0.29, 0.717) is 34.0 Å². The molecule has 3 aromatic carbocycles. The predicted octanol–water partition coefficient (Wildman–Crippen LogP) is 4.63. The lowest BCUT2D eigenvalue weighted by Gasteiger charge is -2.29. The summed E-state index contributed by atoms with van der Waals surface area (Å²) in [6.45, 7) is 0.662. The van der Waals surface area contributed by atoms with E-state index in [1.54, 1.807) is 35.6 Å². The van der Waals surface area contributed by atoms with Gasteiger partial charge in [-0.2, -0.15) is 0 Å². The lowest BCUT2D eigenvalue weighted by atomic mass is 10.2. The largest absolute Gasteiger partial charge is 0.497 e. The second-order valence-electron chi connectivity index (χ2n) is 7.40. The third kappa shape index (κ3) is 4.24. The Morgan fingerprint density at radius 2 is 1.91 bits per heavy atom. The van der Waals surface area contributed by atoms with Crippen LogP contribution in [-0.4, -0.2) is 40.6 Å². The number of carbonyl (C=O) groups excluding carboxylic acids is 1. The highest BCUT2D eigenvalue weighted by Gasteiger charge is 2.23. The molecule has 1 aromatic heterocycles. The fourth-order valence-electron chi connectivity index (χ4n) is 3.82. The Morgan fingerprint density at radius 3 is 2.79 bits per heavy atom. The summed E-state index contributed by atoms with van der Waals surface area (Å²) < 4.78 is 6.91. The summed E-state index contributed by atoms with van der Waals surface area (Å²) in [7, 11) is 1.59. The molecule has 0 fully saturated rings. The number of amides is 1. The Bertz CT molecular complexity index is 1400. The average molecular weight is 476 g/mol. The zero-order valence-electron chi connectivity index (χ0n) is 17.9. The van der Waals surface area contributed by atoms with Crippen molar-refractivity contribution >= 4 is 46.0 Å². The van der Waals surface area contributed by atoms with Crippen molar-refractivity contribution in [1.29, 1.82) is 0 Å². The van der Waals surface area contributed by atoms with Crippen molar-refractivity contribution in [3.63, 3.8) is 0 Å². The highest BCUT2D eigenvalue weighted by atomic mass is 32.2. The molecule has 1 aliphatic heterocycles. The van der Waals surface area contributed by atoms with Crippen LogP contribution in [0.15, 0.2) is 87.6 Å². The molecule has 6 nitrogen and oxygen atoms in total. The van der Waals surface area contributed by atoms with Crippen molar-refractivity contribution in [2.45, 2.75) is 10.1 Å². The van der Waals surface area contributed by atoms with Gasteiger partial charge in [-0.3, -0.25) is 14.2 Å². The van der Waals surface area contributed by atoms with Crippen molar-refractivity contribution in [1.82, 2.24) is 9.55 Å². The number of nitrogens with zero attached hydrogens (tertiary/aromatic N) is 3. The van der Waals surface area contributed by atoms with Gasteiger partial charge in [-0.15, -0.1) is 11.8 Å². The van der Waals surface area contributed by atoms with Gasteiger partial charge in [-0.25, -0.2) is 4.98 Å². The lowest BCUT2D eigenvalue weighted by Crippen LogP contribution is -2.36. The Labute approximate surface area is 199 Å². The summed E-state index contributed by atoms with van der Waals surface area (Å²) in [6, 6.07) is 22.5. The predicted molar refractivity (Wildman–Crippen MR) is 134 cm³/mol. The van der Waals surface area contributed by atoms with E-state index in [0.717, 1.165) is 16.3 Å². The molecule has 4 aromatic rings. The average Bonchev–Trinajstić information content (AvgIpc) is 2.87. The first-order valence-corrected chi connectivity index (χ1v) is 12.4. The number of fused-ring (bicyclic) bond motifs is 2. The number of ether oxygens (including phenoxy) is 1. The van der Waals surface area contributed by atoms with Gasteiger partial charge in [0.05, 0.1) is 35.1 Å². The van der Waals surface area contributed by atoms with E-state index in [2.05, 4.69) is 0 Å². The summed E-state index contributed by atoms with van der Waals surface area (Å²) in [5, 5.41) is 0.998. The van der Waals surface area contributed by atoms with E-state index in [4.69, 9.17) is 9.72 Å². The molecule has 0 saturated carbocycles. The van der Waals surface area contributed by atoms with Crippen LogP contribution in [0.5, 0.6) is 5.75 Å². The molecule has 8 heteroatoms. The summed E-state index contributed by atoms with van der Waals surface area (Å²) in [6.07, 6.45) is 0. The monoisotopic (exact) mass is 475 g/mol. The van der Waals surface area contributed by atoms with Crippen LogP contribution in [0.2, 0.25) is 0 Å². The highest BCUT2D eigenvalue weighted by Crippen LogP contribution is 2.35. The van der Waals surface area contributed by atoms with Crippen LogP contribution in [0, 0.1) is 0 Å². The number of thioether (sulfide) groups is 2. The summed E-state index contributed by atoms with van der Waals surface area (Å²) in [5.74, 6) is 1.67. The first-order chi connectivity index (χ1) is 16.2. The third-order valence-electron chi connectivity index (χ3n) is 5.41. The molecule has 166 valence electrons. The summed E-state index contributed by atoms with van der Waals surface area (Å²) in [4.78, 5) is 34.3. The van der Waals surface area contributed by atoms with Crippen LogP contribution >= 0.6 is 23.5 Å². The highest BCUT2D eigenvalue weighted by molar-refractivity contribution is 8.00. The maximum Gasteiger partial charge on any atom is 0.266 e. The zero-order chi connectivity index (χ0) is 22.8. The normalized spacial score (nSPS) is 13.1. The van der Waals surface area contributed by atoms with Gasteiger partial charge in [-0.1, -0.05) is 42.1 Å². The first kappa shape index (κ1) is 21.6. The smallest absolute Gasteiger partial charge is 0.266 e. The molecule has 0 unspecified atom stereocenters. The fraction of sp³-hybridized carbons (Fsp3) is 0.160. The summed E-state index contributed by atoms with van der Waals surface area (Å²) >= 11 is 3.03. The molecular weight excluding hydrogens is 454 g/mol. The van der Waals surface area contributed by atoms with Gasteiger partial charge in [0, 0.05) is 23.3 Å². The van der Waals surface area contributed by atoms with Gasteiger partial charge >= 0.3 is 0 Å². The zero-order valence-corrected chi connectivity index (χ0v) is 19.6. The molecule has 5 rings (SSSR count). The van der Waals surface area contributed by atoms with Crippen molar-refractivity contribution in [2.24, 2.45) is 0 Å². The Hall–Kier alpha value is -3.23. The molecule has 33 heavy (non-hydrogen) atoms. The van der Waals surface area contributed by atoms with E-state index in [1.807, 2.05) is 65.6 Å². The van der Waals surface area contributed by atoms with E-state index in [-0.39, 0.29) is 17.2 Å². The minimum atomic E-state index is -0.177. The topological polar surface area (TPSA) is 64.4 Å². The van der Waals surface area contributed by atoms with Crippen LogP contribution in [0.3, 0.4) is 0 Å².